The molecule has 0 saturated carbocycles. The highest BCUT2D eigenvalue weighted by Crippen LogP contribution is 2.25. The molecule has 2 aliphatic rings. The number of carbonyl (C=O) groups excluding carboxylic acids is 4. The highest BCUT2D eigenvalue weighted by atomic mass is 16.6. The number of amides is 4. The Kier molecular flexibility index (Phi) is 6.91. The molecule has 0 spiro atoms. The van der Waals surface area contributed by atoms with E-state index >= 15 is 0 Å². The van der Waals surface area contributed by atoms with Gasteiger partial charge in [0.1, 0.15) is 6.04 Å². The van der Waals surface area contributed by atoms with E-state index in [1.807, 2.05) is 30.3 Å². The summed E-state index contributed by atoms with van der Waals surface area (Å²) in [6, 6.07) is 8.53. The first-order chi connectivity index (χ1) is 14.4. The molecule has 1 N–H and O–H groups in total. The quantitative estimate of drug-likeness (QED) is 0.767. The van der Waals surface area contributed by atoms with Crippen molar-refractivity contribution in [1.29, 1.82) is 0 Å². The van der Waals surface area contributed by atoms with Crippen molar-refractivity contribution in [2.24, 2.45) is 5.92 Å². The zero-order valence-electron chi connectivity index (χ0n) is 17.4. The van der Waals surface area contributed by atoms with Crippen molar-refractivity contribution in [2.75, 3.05) is 44.2 Å². The summed E-state index contributed by atoms with van der Waals surface area (Å²) in [5, 5.41) is 2.75. The number of nitrogens with zero attached hydrogens (tertiary/aromatic N) is 3. The standard InChI is InChI=1S/C21H28N4O5/c1-3-30-21(29)24-11-9-23(10-12-24)20(28)15(2)22-19(27)16-13-18(26)25(14-16)17-7-5-4-6-8-17/h4-8,15-16H,3,9-14H2,1-2H3,(H,22,27)/t15-,16?/m1/s1. The van der Waals surface area contributed by atoms with Gasteiger partial charge in [-0.25, -0.2) is 4.79 Å². The van der Waals surface area contributed by atoms with Crippen LogP contribution in [0.1, 0.15) is 20.3 Å². The summed E-state index contributed by atoms with van der Waals surface area (Å²) >= 11 is 0. The molecule has 1 unspecified atom stereocenters. The summed E-state index contributed by atoms with van der Waals surface area (Å²) in [4.78, 5) is 54.2. The smallest absolute Gasteiger partial charge is 0.409 e. The Bertz CT molecular complexity index is 792. The van der Waals surface area contributed by atoms with Gasteiger partial charge in [-0.15, -0.1) is 0 Å². The lowest BCUT2D eigenvalue weighted by atomic mass is 10.1. The van der Waals surface area contributed by atoms with E-state index in [0.717, 1.165) is 5.69 Å². The topological polar surface area (TPSA) is 99.3 Å². The van der Waals surface area contributed by atoms with Crippen molar-refractivity contribution in [2.45, 2.75) is 26.3 Å². The first-order valence-electron chi connectivity index (χ1n) is 10.3. The lowest BCUT2D eigenvalue weighted by Gasteiger charge is -2.35. The number of hydrogen-bond donors (Lipinski definition) is 1. The molecular formula is C21H28N4O5. The molecule has 1 aromatic carbocycles. The van der Waals surface area contributed by atoms with Gasteiger partial charge in [0.15, 0.2) is 0 Å². The van der Waals surface area contributed by atoms with E-state index in [1.165, 1.54) is 0 Å². The molecule has 0 aromatic heterocycles. The van der Waals surface area contributed by atoms with Gasteiger partial charge in [-0.2, -0.15) is 0 Å². The van der Waals surface area contributed by atoms with Crippen molar-refractivity contribution in [3.63, 3.8) is 0 Å². The van der Waals surface area contributed by atoms with Crippen LogP contribution in [-0.2, 0) is 19.1 Å². The van der Waals surface area contributed by atoms with E-state index < -0.39 is 12.0 Å². The Morgan fingerprint density at radius 3 is 2.37 bits per heavy atom. The van der Waals surface area contributed by atoms with Crippen LogP contribution in [-0.4, -0.2) is 79.0 Å². The van der Waals surface area contributed by atoms with Crippen molar-refractivity contribution >= 4 is 29.5 Å². The normalized spacial score (nSPS) is 20.1. The van der Waals surface area contributed by atoms with Crippen LogP contribution in [0.5, 0.6) is 0 Å². The highest BCUT2D eigenvalue weighted by Gasteiger charge is 2.36. The molecule has 9 nitrogen and oxygen atoms in total. The maximum absolute atomic E-state index is 12.7. The highest BCUT2D eigenvalue weighted by molar-refractivity contribution is 6.01. The van der Waals surface area contributed by atoms with Crippen molar-refractivity contribution in [1.82, 2.24) is 15.1 Å². The van der Waals surface area contributed by atoms with Gasteiger partial charge in [0.05, 0.1) is 12.5 Å². The molecule has 2 aliphatic heterocycles. The van der Waals surface area contributed by atoms with Crippen LogP contribution in [0.25, 0.3) is 0 Å². The van der Waals surface area contributed by atoms with Crippen LogP contribution in [0.4, 0.5) is 10.5 Å². The first kappa shape index (κ1) is 21.6. The van der Waals surface area contributed by atoms with Gasteiger partial charge < -0.3 is 24.8 Å². The molecule has 30 heavy (non-hydrogen) atoms. The predicted molar refractivity (Wildman–Crippen MR) is 110 cm³/mol. The lowest BCUT2D eigenvalue weighted by Crippen LogP contribution is -2.55. The van der Waals surface area contributed by atoms with Gasteiger partial charge in [0, 0.05) is 44.8 Å². The Morgan fingerprint density at radius 1 is 1.10 bits per heavy atom. The van der Waals surface area contributed by atoms with Crippen LogP contribution in [0.15, 0.2) is 30.3 Å². The Hall–Kier alpha value is -3.10. The molecular weight excluding hydrogens is 388 g/mol. The predicted octanol–water partition coefficient (Wildman–Crippen LogP) is 0.845. The van der Waals surface area contributed by atoms with E-state index in [0.29, 0.717) is 39.3 Å². The number of para-hydroxylation sites is 1. The van der Waals surface area contributed by atoms with Gasteiger partial charge in [-0.1, -0.05) is 18.2 Å². The van der Waals surface area contributed by atoms with Gasteiger partial charge >= 0.3 is 6.09 Å². The van der Waals surface area contributed by atoms with E-state index in [9.17, 15) is 19.2 Å². The third-order valence-electron chi connectivity index (χ3n) is 5.41. The summed E-state index contributed by atoms with van der Waals surface area (Å²) in [6.45, 7) is 5.58. The lowest BCUT2D eigenvalue weighted by molar-refractivity contribution is -0.138. The average molecular weight is 416 g/mol. The number of piperazine rings is 1. The van der Waals surface area contributed by atoms with E-state index in [4.69, 9.17) is 4.74 Å². The largest absolute Gasteiger partial charge is 0.450 e. The van der Waals surface area contributed by atoms with E-state index in [2.05, 4.69) is 5.32 Å². The van der Waals surface area contributed by atoms with Gasteiger partial charge in [-0.05, 0) is 26.0 Å². The Morgan fingerprint density at radius 2 is 1.73 bits per heavy atom. The second-order valence-electron chi connectivity index (χ2n) is 7.48. The molecule has 2 heterocycles. The average Bonchev–Trinajstić information content (AvgIpc) is 3.16. The number of rotatable bonds is 5. The summed E-state index contributed by atoms with van der Waals surface area (Å²) < 4.78 is 4.98. The summed E-state index contributed by atoms with van der Waals surface area (Å²) in [7, 11) is 0. The number of hydrogen-bond acceptors (Lipinski definition) is 5. The zero-order valence-corrected chi connectivity index (χ0v) is 17.4. The molecule has 2 atom stereocenters. The number of anilines is 1. The van der Waals surface area contributed by atoms with E-state index in [1.54, 1.807) is 28.5 Å². The zero-order chi connectivity index (χ0) is 21.7. The van der Waals surface area contributed by atoms with Gasteiger partial charge in [-0.3, -0.25) is 14.4 Å². The Balaban J connectivity index is 1.49. The molecule has 162 valence electrons. The second kappa shape index (κ2) is 9.60. The monoisotopic (exact) mass is 416 g/mol. The van der Waals surface area contributed by atoms with Crippen molar-refractivity contribution in [3.8, 4) is 0 Å². The summed E-state index contributed by atoms with van der Waals surface area (Å²) in [5.74, 6) is -1.09. The van der Waals surface area contributed by atoms with Crippen LogP contribution in [0.3, 0.4) is 0 Å². The SMILES string of the molecule is CCOC(=O)N1CCN(C(=O)[C@@H](C)NC(=O)C2CC(=O)N(c3ccccc3)C2)CC1. The fourth-order valence-electron chi connectivity index (χ4n) is 3.73. The number of benzene rings is 1. The molecule has 0 bridgehead atoms. The minimum atomic E-state index is -0.701. The Labute approximate surface area is 175 Å². The van der Waals surface area contributed by atoms with Crippen LogP contribution >= 0.6 is 0 Å². The van der Waals surface area contributed by atoms with Crippen molar-refractivity contribution in [3.05, 3.63) is 30.3 Å². The van der Waals surface area contributed by atoms with Gasteiger partial charge in [0.25, 0.3) is 0 Å². The number of carbonyl (C=O) groups is 4. The minimum absolute atomic E-state index is 0.101. The maximum Gasteiger partial charge on any atom is 0.409 e. The van der Waals surface area contributed by atoms with Gasteiger partial charge in [0.2, 0.25) is 17.7 Å². The molecule has 0 aliphatic carbocycles. The first-order valence-corrected chi connectivity index (χ1v) is 10.3. The molecule has 1 aromatic rings. The minimum Gasteiger partial charge on any atom is -0.450 e. The third-order valence-corrected chi connectivity index (χ3v) is 5.41. The number of nitrogens with one attached hydrogen (secondary N) is 1. The second-order valence-corrected chi connectivity index (χ2v) is 7.48. The maximum atomic E-state index is 12.7. The summed E-state index contributed by atoms with van der Waals surface area (Å²) in [5.41, 5.74) is 0.765. The fourth-order valence-corrected chi connectivity index (χ4v) is 3.73. The van der Waals surface area contributed by atoms with Crippen LogP contribution in [0.2, 0.25) is 0 Å². The number of ether oxygens (including phenoxy) is 1. The molecule has 0 radical (unpaired) electrons. The van der Waals surface area contributed by atoms with Crippen LogP contribution in [0, 0.1) is 5.92 Å². The third kappa shape index (κ3) is 4.90. The van der Waals surface area contributed by atoms with E-state index in [-0.39, 0.29) is 30.2 Å². The molecule has 2 fully saturated rings. The molecule has 4 amide bonds. The molecule has 2 saturated heterocycles. The summed E-state index contributed by atoms with van der Waals surface area (Å²) in [6.07, 6.45) is -0.250. The molecule has 3 rings (SSSR count). The molecule has 9 heteroatoms. The van der Waals surface area contributed by atoms with Crippen molar-refractivity contribution < 1.29 is 23.9 Å². The fraction of sp³-hybridized carbons (Fsp3) is 0.524. The van der Waals surface area contributed by atoms with Crippen LogP contribution < -0.4 is 10.2 Å².